The SMILES string of the molecule is CC(c1cc(N)n(CCO)n1)C1CCC1. The van der Waals surface area contributed by atoms with E-state index in [4.69, 9.17) is 10.8 Å². The van der Waals surface area contributed by atoms with Gasteiger partial charge in [0, 0.05) is 12.0 Å². The molecular formula is C11H19N3O. The number of aliphatic hydroxyl groups is 1. The van der Waals surface area contributed by atoms with Gasteiger partial charge in [0.25, 0.3) is 0 Å². The summed E-state index contributed by atoms with van der Waals surface area (Å²) >= 11 is 0. The maximum Gasteiger partial charge on any atom is 0.122 e. The molecule has 1 unspecified atom stereocenters. The molecule has 15 heavy (non-hydrogen) atoms. The maximum atomic E-state index is 8.84. The highest BCUT2D eigenvalue weighted by Crippen LogP contribution is 2.38. The Morgan fingerprint density at radius 3 is 2.93 bits per heavy atom. The molecule has 84 valence electrons. The van der Waals surface area contributed by atoms with Gasteiger partial charge >= 0.3 is 0 Å². The summed E-state index contributed by atoms with van der Waals surface area (Å²) in [7, 11) is 0. The van der Waals surface area contributed by atoms with Gasteiger partial charge in [0.15, 0.2) is 0 Å². The topological polar surface area (TPSA) is 64.1 Å². The number of nitrogens with zero attached hydrogens (tertiary/aromatic N) is 2. The number of nitrogen functional groups attached to an aromatic ring is 1. The van der Waals surface area contributed by atoms with Gasteiger partial charge in [-0.25, -0.2) is 4.68 Å². The minimum Gasteiger partial charge on any atom is -0.394 e. The van der Waals surface area contributed by atoms with Crippen LogP contribution in [0.4, 0.5) is 5.82 Å². The average molecular weight is 209 g/mol. The van der Waals surface area contributed by atoms with E-state index in [1.807, 2.05) is 6.07 Å². The minimum atomic E-state index is 0.0864. The molecule has 1 aromatic rings. The molecule has 1 atom stereocenters. The Balaban J connectivity index is 2.10. The average Bonchev–Trinajstić information content (AvgIpc) is 2.46. The van der Waals surface area contributed by atoms with Crippen LogP contribution in [0.3, 0.4) is 0 Å². The molecule has 0 aliphatic heterocycles. The van der Waals surface area contributed by atoms with E-state index < -0.39 is 0 Å². The van der Waals surface area contributed by atoms with Crippen LogP contribution in [0.15, 0.2) is 6.07 Å². The predicted molar refractivity (Wildman–Crippen MR) is 59.5 cm³/mol. The van der Waals surface area contributed by atoms with Crippen molar-refractivity contribution in [3.63, 3.8) is 0 Å². The molecule has 4 nitrogen and oxygen atoms in total. The Labute approximate surface area is 90.1 Å². The summed E-state index contributed by atoms with van der Waals surface area (Å²) < 4.78 is 1.69. The van der Waals surface area contributed by atoms with E-state index in [1.165, 1.54) is 19.3 Å². The summed E-state index contributed by atoms with van der Waals surface area (Å²) in [6, 6.07) is 1.94. The summed E-state index contributed by atoms with van der Waals surface area (Å²) in [4.78, 5) is 0. The van der Waals surface area contributed by atoms with E-state index in [0.717, 1.165) is 11.6 Å². The van der Waals surface area contributed by atoms with Gasteiger partial charge in [-0.05, 0) is 18.8 Å². The Kier molecular flexibility index (Phi) is 2.95. The van der Waals surface area contributed by atoms with Crippen LogP contribution >= 0.6 is 0 Å². The van der Waals surface area contributed by atoms with E-state index in [1.54, 1.807) is 4.68 Å². The lowest BCUT2D eigenvalue weighted by Crippen LogP contribution is -2.18. The van der Waals surface area contributed by atoms with Crippen molar-refractivity contribution in [2.24, 2.45) is 5.92 Å². The van der Waals surface area contributed by atoms with Gasteiger partial charge in [-0.2, -0.15) is 5.10 Å². The van der Waals surface area contributed by atoms with Crippen molar-refractivity contribution in [2.75, 3.05) is 12.3 Å². The molecule has 0 spiro atoms. The fourth-order valence-electron chi connectivity index (χ4n) is 2.13. The first-order valence-corrected chi connectivity index (χ1v) is 5.66. The highest BCUT2D eigenvalue weighted by molar-refractivity contribution is 5.32. The molecular weight excluding hydrogens is 190 g/mol. The summed E-state index contributed by atoms with van der Waals surface area (Å²) in [6.45, 7) is 2.79. The minimum absolute atomic E-state index is 0.0864. The van der Waals surface area contributed by atoms with Crippen LogP contribution in [0.1, 0.15) is 37.8 Å². The fourth-order valence-corrected chi connectivity index (χ4v) is 2.13. The molecule has 0 radical (unpaired) electrons. The maximum absolute atomic E-state index is 8.84. The molecule has 4 heteroatoms. The van der Waals surface area contributed by atoms with E-state index in [-0.39, 0.29) is 6.61 Å². The van der Waals surface area contributed by atoms with Crippen molar-refractivity contribution in [1.82, 2.24) is 9.78 Å². The van der Waals surface area contributed by atoms with Gasteiger partial charge in [-0.1, -0.05) is 13.3 Å². The van der Waals surface area contributed by atoms with Crippen LogP contribution in [0, 0.1) is 5.92 Å². The van der Waals surface area contributed by atoms with Crippen LogP contribution in [-0.2, 0) is 6.54 Å². The van der Waals surface area contributed by atoms with Crippen molar-refractivity contribution in [1.29, 1.82) is 0 Å². The molecule has 1 fully saturated rings. The number of anilines is 1. The second-order valence-corrected chi connectivity index (χ2v) is 4.42. The summed E-state index contributed by atoms with van der Waals surface area (Å²) in [5, 5.41) is 13.3. The summed E-state index contributed by atoms with van der Waals surface area (Å²) in [5.74, 6) is 1.94. The zero-order valence-corrected chi connectivity index (χ0v) is 9.19. The lowest BCUT2D eigenvalue weighted by Gasteiger charge is -2.30. The lowest BCUT2D eigenvalue weighted by atomic mass is 9.75. The summed E-state index contributed by atoms with van der Waals surface area (Å²) in [5.41, 5.74) is 6.89. The molecule has 2 rings (SSSR count). The number of aromatic nitrogens is 2. The zero-order chi connectivity index (χ0) is 10.8. The molecule has 1 aliphatic carbocycles. The molecule has 0 saturated heterocycles. The van der Waals surface area contributed by atoms with Crippen LogP contribution < -0.4 is 5.73 Å². The molecule has 0 aromatic carbocycles. The van der Waals surface area contributed by atoms with Gasteiger partial charge in [-0.3, -0.25) is 0 Å². The van der Waals surface area contributed by atoms with Crippen molar-refractivity contribution >= 4 is 5.82 Å². The zero-order valence-electron chi connectivity index (χ0n) is 9.19. The molecule has 0 bridgehead atoms. The number of aliphatic hydroxyl groups excluding tert-OH is 1. The first-order chi connectivity index (χ1) is 7.22. The van der Waals surface area contributed by atoms with Gasteiger partial charge in [-0.15, -0.1) is 0 Å². The molecule has 1 saturated carbocycles. The normalized spacial score (nSPS) is 18.8. The van der Waals surface area contributed by atoms with Crippen molar-refractivity contribution in [2.45, 2.75) is 38.6 Å². The lowest BCUT2D eigenvalue weighted by molar-refractivity contribution is 0.260. The Hall–Kier alpha value is -1.03. The number of hydrogen-bond acceptors (Lipinski definition) is 3. The molecule has 1 aliphatic rings. The van der Waals surface area contributed by atoms with E-state index in [2.05, 4.69) is 12.0 Å². The molecule has 1 heterocycles. The first kappa shape index (κ1) is 10.5. The quantitative estimate of drug-likeness (QED) is 0.787. The second kappa shape index (κ2) is 4.23. The standard InChI is InChI=1S/C11H19N3O/c1-8(9-3-2-4-9)10-7-11(12)14(13-10)5-6-15/h7-9,15H,2-6,12H2,1H3. The van der Waals surface area contributed by atoms with Crippen LogP contribution in [0.25, 0.3) is 0 Å². The highest BCUT2D eigenvalue weighted by Gasteiger charge is 2.26. The Morgan fingerprint density at radius 1 is 1.67 bits per heavy atom. The third-order valence-electron chi connectivity index (χ3n) is 3.47. The first-order valence-electron chi connectivity index (χ1n) is 5.66. The predicted octanol–water partition coefficient (Wildman–Crippen LogP) is 1.36. The largest absolute Gasteiger partial charge is 0.394 e. The van der Waals surface area contributed by atoms with E-state index in [0.29, 0.717) is 18.3 Å². The Morgan fingerprint density at radius 2 is 2.40 bits per heavy atom. The van der Waals surface area contributed by atoms with Gasteiger partial charge < -0.3 is 10.8 Å². The van der Waals surface area contributed by atoms with Crippen LogP contribution in [0.5, 0.6) is 0 Å². The van der Waals surface area contributed by atoms with Gasteiger partial charge in [0.2, 0.25) is 0 Å². The van der Waals surface area contributed by atoms with Crippen LogP contribution in [0.2, 0.25) is 0 Å². The van der Waals surface area contributed by atoms with Crippen LogP contribution in [-0.4, -0.2) is 21.5 Å². The highest BCUT2D eigenvalue weighted by atomic mass is 16.3. The van der Waals surface area contributed by atoms with Gasteiger partial charge in [0.05, 0.1) is 18.8 Å². The number of rotatable bonds is 4. The fraction of sp³-hybridized carbons (Fsp3) is 0.727. The second-order valence-electron chi connectivity index (χ2n) is 4.42. The van der Waals surface area contributed by atoms with Crippen molar-refractivity contribution in [3.05, 3.63) is 11.8 Å². The summed E-state index contributed by atoms with van der Waals surface area (Å²) in [6.07, 6.45) is 3.98. The monoisotopic (exact) mass is 209 g/mol. The molecule has 3 N–H and O–H groups in total. The number of nitrogens with two attached hydrogens (primary N) is 1. The van der Waals surface area contributed by atoms with Crippen molar-refractivity contribution < 1.29 is 5.11 Å². The van der Waals surface area contributed by atoms with E-state index in [9.17, 15) is 0 Å². The smallest absolute Gasteiger partial charge is 0.122 e. The third kappa shape index (κ3) is 2.00. The molecule has 0 amide bonds. The number of hydrogen-bond donors (Lipinski definition) is 2. The van der Waals surface area contributed by atoms with Crippen molar-refractivity contribution in [3.8, 4) is 0 Å². The van der Waals surface area contributed by atoms with E-state index >= 15 is 0 Å². The van der Waals surface area contributed by atoms with Gasteiger partial charge in [0.1, 0.15) is 5.82 Å². The third-order valence-corrected chi connectivity index (χ3v) is 3.47. The molecule has 1 aromatic heterocycles. The Bertz CT molecular complexity index is 331.